The molecular weight excluding hydrogens is 529 g/mol. The Morgan fingerprint density at radius 2 is 1.60 bits per heavy atom. The summed E-state index contributed by atoms with van der Waals surface area (Å²) >= 11 is 0. The number of hydrogen-bond acceptors (Lipinski definition) is 10. The molecule has 14 heteroatoms. The van der Waals surface area contributed by atoms with Crippen molar-refractivity contribution in [2.75, 3.05) is 32.0 Å². The molecule has 3 heterocycles. The summed E-state index contributed by atoms with van der Waals surface area (Å²) in [5.41, 5.74) is 1.34. The van der Waals surface area contributed by atoms with Gasteiger partial charge in [-0.2, -0.15) is 23.1 Å². The average molecular weight is 553 g/mol. The van der Waals surface area contributed by atoms with Gasteiger partial charge in [-0.15, -0.1) is 0 Å². The first-order valence-corrected chi connectivity index (χ1v) is 11.8. The SMILES string of the molecule is COc1cc(Nc2nc(Nc3ccncn3)nc3c2ncn3Cc2ccc(C(F)(F)F)cc2)cc(OC)c1OC. The van der Waals surface area contributed by atoms with Crippen LogP contribution >= 0.6 is 0 Å². The number of nitrogens with zero attached hydrogens (tertiary/aromatic N) is 6. The Morgan fingerprint density at radius 3 is 2.20 bits per heavy atom. The van der Waals surface area contributed by atoms with Gasteiger partial charge in [0, 0.05) is 24.0 Å². The second-order valence-electron chi connectivity index (χ2n) is 8.39. The van der Waals surface area contributed by atoms with Crippen LogP contribution in [-0.2, 0) is 12.7 Å². The minimum Gasteiger partial charge on any atom is -0.493 e. The van der Waals surface area contributed by atoms with E-state index >= 15 is 0 Å². The molecule has 5 rings (SSSR count). The number of ether oxygens (including phenoxy) is 3. The number of halogens is 3. The molecule has 40 heavy (non-hydrogen) atoms. The molecule has 206 valence electrons. The van der Waals surface area contributed by atoms with Crippen LogP contribution in [0.3, 0.4) is 0 Å². The normalized spacial score (nSPS) is 11.3. The first-order valence-electron chi connectivity index (χ1n) is 11.8. The zero-order valence-corrected chi connectivity index (χ0v) is 21.5. The molecule has 0 atom stereocenters. The van der Waals surface area contributed by atoms with Gasteiger partial charge in [-0.1, -0.05) is 12.1 Å². The molecule has 0 spiro atoms. The van der Waals surface area contributed by atoms with Crippen LogP contribution in [0.5, 0.6) is 17.2 Å². The molecule has 0 bridgehead atoms. The summed E-state index contributed by atoms with van der Waals surface area (Å²) in [7, 11) is 4.53. The quantitative estimate of drug-likeness (QED) is 0.252. The molecule has 2 N–H and O–H groups in total. The minimum atomic E-state index is -4.41. The van der Waals surface area contributed by atoms with Gasteiger partial charge in [0.1, 0.15) is 12.1 Å². The molecule has 3 aromatic heterocycles. The van der Waals surface area contributed by atoms with Crippen molar-refractivity contribution in [3.05, 3.63) is 72.4 Å². The largest absolute Gasteiger partial charge is 0.493 e. The fourth-order valence-electron chi connectivity index (χ4n) is 3.97. The lowest BCUT2D eigenvalue weighted by Crippen LogP contribution is -2.07. The first-order chi connectivity index (χ1) is 19.3. The number of benzene rings is 2. The van der Waals surface area contributed by atoms with E-state index in [-0.39, 0.29) is 12.5 Å². The van der Waals surface area contributed by atoms with E-state index in [1.165, 1.54) is 39.8 Å². The van der Waals surface area contributed by atoms with E-state index in [1.54, 1.807) is 35.3 Å². The van der Waals surface area contributed by atoms with Gasteiger partial charge >= 0.3 is 6.18 Å². The molecule has 0 saturated carbocycles. The lowest BCUT2D eigenvalue weighted by Gasteiger charge is -2.15. The van der Waals surface area contributed by atoms with Gasteiger partial charge in [0.05, 0.1) is 39.8 Å². The molecule has 0 radical (unpaired) electrons. The summed E-state index contributed by atoms with van der Waals surface area (Å²) in [5.74, 6) is 2.30. The summed E-state index contributed by atoms with van der Waals surface area (Å²) in [6.45, 7) is 0.224. The van der Waals surface area contributed by atoms with Gasteiger partial charge < -0.3 is 29.4 Å². The molecule has 0 aliphatic heterocycles. The number of methoxy groups -OCH3 is 3. The van der Waals surface area contributed by atoms with Crippen LogP contribution in [-0.4, -0.2) is 50.8 Å². The van der Waals surface area contributed by atoms with Crippen molar-refractivity contribution in [1.82, 2.24) is 29.5 Å². The maximum Gasteiger partial charge on any atom is 0.416 e. The summed E-state index contributed by atoms with van der Waals surface area (Å²) < 4.78 is 57.1. The minimum absolute atomic E-state index is 0.204. The number of aromatic nitrogens is 6. The Balaban J connectivity index is 1.56. The van der Waals surface area contributed by atoms with Crippen molar-refractivity contribution in [1.29, 1.82) is 0 Å². The molecule has 0 saturated heterocycles. The van der Waals surface area contributed by atoms with Crippen LogP contribution < -0.4 is 24.8 Å². The van der Waals surface area contributed by atoms with Crippen molar-refractivity contribution < 1.29 is 27.4 Å². The molecule has 0 fully saturated rings. The zero-order valence-electron chi connectivity index (χ0n) is 21.5. The Labute approximate surface area is 226 Å². The monoisotopic (exact) mass is 552 g/mol. The van der Waals surface area contributed by atoms with Crippen molar-refractivity contribution in [2.45, 2.75) is 12.7 Å². The molecule has 5 aromatic rings. The van der Waals surface area contributed by atoms with E-state index in [0.717, 1.165) is 12.1 Å². The number of fused-ring (bicyclic) bond motifs is 1. The topological polar surface area (TPSA) is 121 Å². The second kappa shape index (κ2) is 10.9. The van der Waals surface area contributed by atoms with Crippen molar-refractivity contribution in [2.24, 2.45) is 0 Å². The van der Waals surface area contributed by atoms with E-state index in [9.17, 15) is 13.2 Å². The van der Waals surface area contributed by atoms with E-state index in [0.29, 0.717) is 51.3 Å². The number of anilines is 4. The Bertz CT molecular complexity index is 1600. The van der Waals surface area contributed by atoms with Crippen LogP contribution in [0.15, 0.2) is 61.3 Å². The van der Waals surface area contributed by atoms with E-state index in [4.69, 9.17) is 14.2 Å². The maximum atomic E-state index is 13.0. The summed E-state index contributed by atoms with van der Waals surface area (Å²) in [6.07, 6.45) is 0.0802. The predicted octanol–water partition coefficient (Wildman–Crippen LogP) is 5.20. The average Bonchev–Trinajstić information content (AvgIpc) is 3.35. The Kier molecular flexibility index (Phi) is 7.23. The maximum absolute atomic E-state index is 13.0. The van der Waals surface area contributed by atoms with Crippen molar-refractivity contribution in [3.8, 4) is 17.2 Å². The zero-order chi connectivity index (χ0) is 28.3. The van der Waals surface area contributed by atoms with Gasteiger partial charge in [-0.3, -0.25) is 0 Å². The number of nitrogens with one attached hydrogen (secondary N) is 2. The van der Waals surface area contributed by atoms with E-state index in [2.05, 4.69) is 35.6 Å². The molecule has 0 amide bonds. The van der Waals surface area contributed by atoms with Crippen LogP contribution in [0.4, 0.5) is 36.4 Å². The highest BCUT2D eigenvalue weighted by Crippen LogP contribution is 2.41. The molecule has 0 aliphatic rings. The summed E-state index contributed by atoms with van der Waals surface area (Å²) in [4.78, 5) is 21.8. The number of rotatable bonds is 9. The highest BCUT2D eigenvalue weighted by atomic mass is 19.4. The third-order valence-corrected chi connectivity index (χ3v) is 5.85. The van der Waals surface area contributed by atoms with E-state index < -0.39 is 11.7 Å². The highest BCUT2D eigenvalue weighted by Gasteiger charge is 2.30. The molecular formula is C26H23F3N8O3. The fraction of sp³-hybridized carbons (Fsp3) is 0.192. The number of alkyl halides is 3. The Morgan fingerprint density at radius 1 is 0.875 bits per heavy atom. The molecule has 11 nitrogen and oxygen atoms in total. The van der Waals surface area contributed by atoms with Gasteiger partial charge in [-0.25, -0.2) is 15.0 Å². The van der Waals surface area contributed by atoms with Crippen LogP contribution in [0.2, 0.25) is 0 Å². The van der Waals surface area contributed by atoms with Gasteiger partial charge in [0.15, 0.2) is 28.5 Å². The second-order valence-corrected chi connectivity index (χ2v) is 8.39. The third kappa shape index (κ3) is 5.50. The lowest BCUT2D eigenvalue weighted by molar-refractivity contribution is -0.137. The predicted molar refractivity (Wildman–Crippen MR) is 141 cm³/mol. The standard InChI is InChI=1S/C26H23F3N8O3/c1-38-18-10-17(11-19(39-2)22(18)40-3)33-23-21-24(36-25(35-23)34-20-8-9-30-13-31-20)37(14-32-21)12-15-4-6-16(7-5-15)26(27,28)29/h4-11,13-14H,12H2,1-3H3,(H2,30,31,33,34,35,36). The Hall–Kier alpha value is -5.14. The van der Waals surface area contributed by atoms with Crippen molar-refractivity contribution >= 4 is 34.4 Å². The third-order valence-electron chi connectivity index (χ3n) is 5.85. The van der Waals surface area contributed by atoms with Gasteiger partial charge in [0.2, 0.25) is 11.7 Å². The molecule has 0 aliphatic carbocycles. The fourth-order valence-corrected chi connectivity index (χ4v) is 3.97. The number of imidazole rings is 1. The van der Waals surface area contributed by atoms with Gasteiger partial charge in [0.25, 0.3) is 0 Å². The molecule has 0 unspecified atom stereocenters. The van der Waals surface area contributed by atoms with Crippen molar-refractivity contribution in [3.63, 3.8) is 0 Å². The van der Waals surface area contributed by atoms with Crippen LogP contribution in [0, 0.1) is 0 Å². The highest BCUT2D eigenvalue weighted by molar-refractivity contribution is 5.87. The lowest BCUT2D eigenvalue weighted by atomic mass is 10.1. The van der Waals surface area contributed by atoms with Gasteiger partial charge in [-0.05, 0) is 23.8 Å². The molecule has 2 aromatic carbocycles. The smallest absolute Gasteiger partial charge is 0.416 e. The summed E-state index contributed by atoms with van der Waals surface area (Å²) in [5, 5.41) is 6.28. The summed E-state index contributed by atoms with van der Waals surface area (Å²) in [6, 6.07) is 10.0. The first kappa shape index (κ1) is 26.5. The number of hydrogen-bond donors (Lipinski definition) is 2. The van der Waals surface area contributed by atoms with E-state index in [1.807, 2.05) is 0 Å². The van der Waals surface area contributed by atoms with Crippen LogP contribution in [0.1, 0.15) is 11.1 Å². The van der Waals surface area contributed by atoms with Crippen LogP contribution in [0.25, 0.3) is 11.2 Å².